The van der Waals surface area contributed by atoms with Crippen LogP contribution in [0.1, 0.15) is 40.4 Å². The highest BCUT2D eigenvalue weighted by Crippen LogP contribution is 2.42. The van der Waals surface area contributed by atoms with Crippen molar-refractivity contribution >= 4 is 19.1 Å². The number of ether oxygens (including phenoxy) is 2. The predicted molar refractivity (Wildman–Crippen MR) is 87.6 cm³/mol. The number of aromatic hydroxyl groups is 1. The number of rotatable bonds is 6. The molecule has 0 fully saturated rings. The van der Waals surface area contributed by atoms with Gasteiger partial charge in [-0.05, 0) is 25.8 Å². The van der Waals surface area contributed by atoms with Gasteiger partial charge in [0.15, 0.2) is 0 Å². The van der Waals surface area contributed by atoms with Crippen molar-refractivity contribution in [3.63, 3.8) is 0 Å². The van der Waals surface area contributed by atoms with Crippen LogP contribution in [0.25, 0.3) is 0 Å². The molecule has 0 bridgehead atoms. The predicted octanol–water partition coefficient (Wildman–Crippen LogP) is 1.96. The van der Waals surface area contributed by atoms with E-state index in [0.717, 1.165) is 0 Å². The number of methoxy groups -OCH3 is 1. The number of esters is 1. The number of benzene rings is 1. The van der Waals surface area contributed by atoms with Gasteiger partial charge in [0.1, 0.15) is 23.7 Å². The Morgan fingerprint density at radius 2 is 2.04 bits per heavy atom. The topological polar surface area (TPSA) is 130 Å². The summed E-state index contributed by atoms with van der Waals surface area (Å²) in [5, 5.41) is 10.4. The maximum Gasteiger partial charge on any atom is 0.391 e. The van der Waals surface area contributed by atoms with Crippen molar-refractivity contribution < 1.29 is 38.5 Å². The van der Waals surface area contributed by atoms with Crippen LogP contribution in [-0.4, -0.2) is 33.5 Å². The summed E-state index contributed by atoms with van der Waals surface area (Å²) in [5.41, 5.74) is 0.946. The average Bonchev–Trinajstić information content (AvgIpc) is 2.90. The summed E-state index contributed by atoms with van der Waals surface area (Å²) >= 11 is 0. The first kappa shape index (κ1) is 19.2. The molecule has 9 heteroatoms. The monoisotopic (exact) mass is 370 g/mol. The number of carbonyl (C=O) groups excluding carboxylic acids is 2. The number of hydrogen-bond donors (Lipinski definition) is 3. The van der Waals surface area contributed by atoms with Crippen LogP contribution in [0.4, 0.5) is 0 Å². The molecule has 1 aliphatic heterocycles. The second kappa shape index (κ2) is 7.00. The molecule has 0 unspecified atom stereocenters. The van der Waals surface area contributed by atoms with Crippen LogP contribution in [0, 0.1) is 6.92 Å². The van der Waals surface area contributed by atoms with Crippen LogP contribution in [0.15, 0.2) is 11.6 Å². The Kier molecular flexibility index (Phi) is 5.37. The van der Waals surface area contributed by atoms with E-state index in [1.807, 2.05) is 0 Å². The lowest BCUT2D eigenvalue weighted by Crippen LogP contribution is -2.03. The van der Waals surface area contributed by atoms with Crippen molar-refractivity contribution in [1.82, 2.24) is 0 Å². The van der Waals surface area contributed by atoms with Crippen molar-refractivity contribution in [3.05, 3.63) is 33.9 Å². The summed E-state index contributed by atoms with van der Waals surface area (Å²) in [5.74, 6) is -0.456. The largest absolute Gasteiger partial charge is 0.507 e. The highest BCUT2D eigenvalue weighted by atomic mass is 31.2. The molecule has 0 amide bonds. The zero-order valence-corrected chi connectivity index (χ0v) is 14.9. The van der Waals surface area contributed by atoms with E-state index in [1.165, 1.54) is 7.11 Å². The van der Waals surface area contributed by atoms with Gasteiger partial charge in [0, 0.05) is 17.5 Å². The lowest BCUT2D eigenvalue weighted by atomic mass is 9.95. The summed E-state index contributed by atoms with van der Waals surface area (Å²) in [6.07, 6.45) is 1.27. The molecule has 1 aromatic rings. The summed E-state index contributed by atoms with van der Waals surface area (Å²) in [7, 11) is -3.34. The van der Waals surface area contributed by atoms with Crippen LogP contribution in [0.2, 0.25) is 0 Å². The smallest absolute Gasteiger partial charge is 0.391 e. The SMILES string of the molecule is COc1c(C)c2c(c(O)c1CC=C(C)CC(=O)P(=O)(O)O)C(=O)OC2. The van der Waals surface area contributed by atoms with Gasteiger partial charge in [0.2, 0.25) is 5.52 Å². The van der Waals surface area contributed by atoms with E-state index in [2.05, 4.69) is 0 Å². The first-order valence-electron chi connectivity index (χ1n) is 7.40. The quantitative estimate of drug-likeness (QED) is 0.394. The van der Waals surface area contributed by atoms with E-state index in [0.29, 0.717) is 28.0 Å². The summed E-state index contributed by atoms with van der Waals surface area (Å²) in [6, 6.07) is 0. The Morgan fingerprint density at radius 1 is 1.40 bits per heavy atom. The molecule has 0 saturated heterocycles. The van der Waals surface area contributed by atoms with Crippen molar-refractivity contribution in [3.8, 4) is 11.5 Å². The number of phenols is 1. The van der Waals surface area contributed by atoms with Gasteiger partial charge >= 0.3 is 13.6 Å². The fourth-order valence-corrected chi connectivity index (χ4v) is 3.17. The molecule has 25 heavy (non-hydrogen) atoms. The van der Waals surface area contributed by atoms with Gasteiger partial charge in [-0.25, -0.2) is 4.79 Å². The molecule has 0 aliphatic carbocycles. The number of hydrogen-bond acceptors (Lipinski definition) is 6. The molecule has 0 radical (unpaired) electrons. The molecule has 8 nitrogen and oxygen atoms in total. The molecule has 1 aliphatic rings. The Bertz CT molecular complexity index is 818. The van der Waals surface area contributed by atoms with Gasteiger partial charge in [0.25, 0.3) is 0 Å². The van der Waals surface area contributed by atoms with E-state index in [4.69, 9.17) is 19.3 Å². The Hall–Kier alpha value is -2.15. The molecular weight excluding hydrogens is 351 g/mol. The van der Waals surface area contributed by atoms with Crippen LogP contribution < -0.4 is 4.74 Å². The van der Waals surface area contributed by atoms with E-state index in [1.54, 1.807) is 19.9 Å². The number of carbonyl (C=O) groups is 2. The highest BCUT2D eigenvalue weighted by Gasteiger charge is 2.32. The van der Waals surface area contributed by atoms with Crippen molar-refractivity contribution in [2.45, 2.75) is 33.3 Å². The van der Waals surface area contributed by atoms with E-state index < -0.39 is 25.5 Å². The Balaban J connectivity index is 2.37. The number of fused-ring (bicyclic) bond motifs is 1. The van der Waals surface area contributed by atoms with Gasteiger partial charge < -0.3 is 24.4 Å². The minimum atomic E-state index is -4.77. The standard InChI is InChI=1S/C16H19O8P/c1-8(6-12(17)25(20,21)22)4-5-10-14(18)13-11(7-24-16(13)19)9(2)15(10)23-3/h4,18H,5-7H2,1-3H3,(H2,20,21,22). The third-order valence-electron chi connectivity index (χ3n) is 4.06. The molecule has 0 spiro atoms. The summed E-state index contributed by atoms with van der Waals surface area (Å²) in [4.78, 5) is 40.9. The lowest BCUT2D eigenvalue weighted by Gasteiger charge is -2.15. The first-order valence-corrected chi connectivity index (χ1v) is 9.02. The minimum Gasteiger partial charge on any atom is -0.507 e. The second-order valence-electron chi connectivity index (χ2n) is 5.78. The Morgan fingerprint density at radius 3 is 2.60 bits per heavy atom. The van der Waals surface area contributed by atoms with Crippen molar-refractivity contribution in [1.29, 1.82) is 0 Å². The lowest BCUT2D eigenvalue weighted by molar-refractivity contribution is -0.112. The second-order valence-corrected chi connectivity index (χ2v) is 7.37. The van der Waals surface area contributed by atoms with Gasteiger partial charge in [-0.1, -0.05) is 11.6 Å². The van der Waals surface area contributed by atoms with Crippen LogP contribution in [-0.2, 0) is 27.1 Å². The molecule has 0 aromatic heterocycles. The first-order chi connectivity index (χ1) is 11.6. The van der Waals surface area contributed by atoms with Crippen molar-refractivity contribution in [2.75, 3.05) is 7.11 Å². The zero-order valence-electron chi connectivity index (χ0n) is 14.0. The maximum absolute atomic E-state index is 11.8. The van der Waals surface area contributed by atoms with E-state index in [-0.39, 0.29) is 24.3 Å². The summed E-state index contributed by atoms with van der Waals surface area (Å²) in [6.45, 7) is 3.36. The van der Waals surface area contributed by atoms with E-state index in [9.17, 15) is 19.3 Å². The van der Waals surface area contributed by atoms with Gasteiger partial charge in [-0.2, -0.15) is 0 Å². The van der Waals surface area contributed by atoms with Crippen molar-refractivity contribution in [2.24, 2.45) is 0 Å². The van der Waals surface area contributed by atoms with Crippen LogP contribution >= 0.6 is 7.60 Å². The average molecular weight is 370 g/mol. The molecule has 1 heterocycles. The Labute approximate surface area is 144 Å². The fraction of sp³-hybridized carbons (Fsp3) is 0.375. The van der Waals surface area contributed by atoms with E-state index >= 15 is 0 Å². The molecule has 2 rings (SSSR count). The van der Waals surface area contributed by atoms with Crippen LogP contribution in [0.3, 0.4) is 0 Å². The normalized spacial score (nSPS) is 14.3. The van der Waals surface area contributed by atoms with Gasteiger partial charge in [-0.15, -0.1) is 0 Å². The van der Waals surface area contributed by atoms with Gasteiger partial charge in [0.05, 0.1) is 7.11 Å². The molecule has 3 N–H and O–H groups in total. The fourth-order valence-electron chi connectivity index (χ4n) is 2.72. The molecule has 1 aromatic carbocycles. The third kappa shape index (κ3) is 3.76. The number of phenolic OH excluding ortho intramolecular Hbond substituents is 1. The van der Waals surface area contributed by atoms with Gasteiger partial charge in [-0.3, -0.25) is 9.36 Å². The number of cyclic esters (lactones) is 1. The molecular formula is C16H19O8P. The highest BCUT2D eigenvalue weighted by molar-refractivity contribution is 7.70. The van der Waals surface area contributed by atoms with Crippen LogP contribution in [0.5, 0.6) is 11.5 Å². The third-order valence-corrected chi connectivity index (χ3v) is 4.87. The zero-order chi connectivity index (χ0) is 18.9. The minimum absolute atomic E-state index is 0.0653. The maximum atomic E-state index is 11.8. The molecule has 0 atom stereocenters. The molecule has 0 saturated carbocycles. The summed E-state index contributed by atoms with van der Waals surface area (Å²) < 4.78 is 21.2. The molecule has 136 valence electrons. The number of allylic oxidation sites excluding steroid dienone is 2.